The van der Waals surface area contributed by atoms with Crippen LogP contribution >= 0.6 is 0 Å². The summed E-state index contributed by atoms with van der Waals surface area (Å²) >= 11 is 0. The van der Waals surface area contributed by atoms with E-state index in [9.17, 15) is 4.79 Å². The molecule has 0 fully saturated rings. The van der Waals surface area contributed by atoms with Crippen LogP contribution in [0.4, 0.5) is 0 Å². The van der Waals surface area contributed by atoms with Crippen molar-refractivity contribution in [3.8, 4) is 0 Å². The third kappa shape index (κ3) is 4.30. The zero-order chi connectivity index (χ0) is 11.8. The number of benzene rings is 1. The van der Waals surface area contributed by atoms with Gasteiger partial charge in [-0.15, -0.1) is 0 Å². The summed E-state index contributed by atoms with van der Waals surface area (Å²) in [5.41, 5.74) is 1.27. The largest absolute Gasteiger partial charge is 0.339 e. The van der Waals surface area contributed by atoms with E-state index in [1.54, 1.807) is 6.92 Å². The Morgan fingerprint density at radius 3 is 2.56 bits per heavy atom. The van der Waals surface area contributed by atoms with Gasteiger partial charge >= 0.3 is 0 Å². The minimum absolute atomic E-state index is 0.133. The fourth-order valence-electron chi connectivity index (χ4n) is 1.52. The van der Waals surface area contributed by atoms with Crippen molar-refractivity contribution in [2.75, 3.05) is 13.1 Å². The molecular weight excluding hydrogens is 198 g/mol. The number of hydrogen-bond donors (Lipinski definition) is 0. The Morgan fingerprint density at radius 1 is 1.31 bits per heavy atom. The summed E-state index contributed by atoms with van der Waals surface area (Å²) in [6.45, 7) is 5.08. The smallest absolute Gasteiger partial charge is 0.219 e. The number of carbonyl (C=O) groups excluding carboxylic acids is 1. The van der Waals surface area contributed by atoms with Crippen LogP contribution in [0.2, 0.25) is 0 Å². The first-order valence-electron chi connectivity index (χ1n) is 5.64. The summed E-state index contributed by atoms with van der Waals surface area (Å²) < 4.78 is 0. The van der Waals surface area contributed by atoms with E-state index in [0.717, 1.165) is 13.0 Å². The van der Waals surface area contributed by atoms with Crippen LogP contribution in [0.3, 0.4) is 0 Å². The van der Waals surface area contributed by atoms with E-state index in [1.807, 2.05) is 42.2 Å². The van der Waals surface area contributed by atoms with Gasteiger partial charge in [0.05, 0.1) is 0 Å². The maximum absolute atomic E-state index is 11.4. The monoisotopic (exact) mass is 217 g/mol. The van der Waals surface area contributed by atoms with Gasteiger partial charge in [0.15, 0.2) is 0 Å². The van der Waals surface area contributed by atoms with Crippen molar-refractivity contribution in [1.82, 2.24) is 4.90 Å². The van der Waals surface area contributed by atoms with Gasteiger partial charge in [0.1, 0.15) is 0 Å². The Kier molecular flexibility index (Phi) is 5.34. The van der Waals surface area contributed by atoms with Crippen molar-refractivity contribution in [1.29, 1.82) is 0 Å². The van der Waals surface area contributed by atoms with Crippen LogP contribution in [0.5, 0.6) is 0 Å². The van der Waals surface area contributed by atoms with E-state index in [0.29, 0.717) is 6.54 Å². The predicted molar refractivity (Wildman–Crippen MR) is 67.2 cm³/mol. The number of hydrogen-bond acceptors (Lipinski definition) is 1. The van der Waals surface area contributed by atoms with Gasteiger partial charge in [-0.1, -0.05) is 42.5 Å². The average Bonchev–Trinajstić information content (AvgIpc) is 2.30. The second-order valence-electron chi connectivity index (χ2n) is 3.77. The highest BCUT2D eigenvalue weighted by atomic mass is 16.2. The molecule has 0 radical (unpaired) electrons. The molecule has 0 unspecified atom stereocenters. The second kappa shape index (κ2) is 6.83. The zero-order valence-corrected chi connectivity index (χ0v) is 10.0. The van der Waals surface area contributed by atoms with E-state index in [4.69, 9.17) is 0 Å². The minimum atomic E-state index is 0.133. The predicted octanol–water partition coefficient (Wildman–Crippen LogP) is 2.65. The Labute approximate surface area is 97.6 Å². The molecule has 86 valence electrons. The van der Waals surface area contributed by atoms with Gasteiger partial charge in [-0.05, 0) is 18.9 Å². The van der Waals surface area contributed by atoms with Gasteiger partial charge in [-0.3, -0.25) is 4.79 Å². The first-order chi connectivity index (χ1) is 7.74. The molecule has 2 nitrogen and oxygen atoms in total. The minimum Gasteiger partial charge on any atom is -0.339 e. The summed E-state index contributed by atoms with van der Waals surface area (Å²) in [6, 6.07) is 10.2. The molecule has 0 saturated carbocycles. The Bertz CT molecular complexity index is 343. The zero-order valence-electron chi connectivity index (χ0n) is 10.0. The molecule has 1 aromatic rings. The SMILES string of the molecule is CC=CCN(CCc1ccccc1)C(C)=O. The lowest BCUT2D eigenvalue weighted by Gasteiger charge is -2.19. The van der Waals surface area contributed by atoms with Gasteiger partial charge in [-0.2, -0.15) is 0 Å². The van der Waals surface area contributed by atoms with Crippen LogP contribution in [0.25, 0.3) is 0 Å². The maximum Gasteiger partial charge on any atom is 0.219 e. The third-order valence-electron chi connectivity index (χ3n) is 2.52. The lowest BCUT2D eigenvalue weighted by atomic mass is 10.1. The molecule has 1 aromatic carbocycles. The van der Waals surface area contributed by atoms with E-state index in [-0.39, 0.29) is 5.91 Å². The second-order valence-corrected chi connectivity index (χ2v) is 3.77. The molecule has 0 aliphatic rings. The van der Waals surface area contributed by atoms with Crippen LogP contribution in [0.15, 0.2) is 42.5 Å². The highest BCUT2D eigenvalue weighted by Crippen LogP contribution is 2.02. The number of amides is 1. The molecule has 1 rings (SSSR count). The van der Waals surface area contributed by atoms with E-state index < -0.39 is 0 Å². The van der Waals surface area contributed by atoms with Crippen molar-refractivity contribution < 1.29 is 4.79 Å². The normalized spacial score (nSPS) is 10.6. The van der Waals surface area contributed by atoms with Crippen molar-refractivity contribution in [2.45, 2.75) is 20.3 Å². The number of nitrogens with zero attached hydrogens (tertiary/aromatic N) is 1. The topological polar surface area (TPSA) is 20.3 Å². The summed E-state index contributed by atoms with van der Waals surface area (Å²) in [6.07, 6.45) is 4.89. The van der Waals surface area contributed by atoms with Crippen molar-refractivity contribution in [3.05, 3.63) is 48.0 Å². The Morgan fingerprint density at radius 2 is 2.00 bits per heavy atom. The molecule has 2 heteroatoms. The lowest BCUT2D eigenvalue weighted by Crippen LogP contribution is -2.30. The lowest BCUT2D eigenvalue weighted by molar-refractivity contribution is -0.128. The molecular formula is C14H19NO. The molecule has 0 aliphatic carbocycles. The molecule has 0 aromatic heterocycles. The molecule has 0 saturated heterocycles. The van der Waals surface area contributed by atoms with Gasteiger partial charge in [-0.25, -0.2) is 0 Å². The van der Waals surface area contributed by atoms with Crippen molar-refractivity contribution in [3.63, 3.8) is 0 Å². The average molecular weight is 217 g/mol. The summed E-state index contributed by atoms with van der Waals surface area (Å²) in [5.74, 6) is 0.133. The first kappa shape index (κ1) is 12.5. The van der Waals surface area contributed by atoms with Gasteiger partial charge < -0.3 is 4.90 Å². The van der Waals surface area contributed by atoms with Crippen LogP contribution < -0.4 is 0 Å². The number of rotatable bonds is 5. The van der Waals surface area contributed by atoms with E-state index >= 15 is 0 Å². The Balaban J connectivity index is 2.47. The molecule has 0 atom stereocenters. The third-order valence-corrected chi connectivity index (χ3v) is 2.52. The fourth-order valence-corrected chi connectivity index (χ4v) is 1.52. The standard InChI is InChI=1S/C14H19NO/c1-3-4-11-15(13(2)16)12-10-14-8-6-5-7-9-14/h3-9H,10-12H2,1-2H3. The van der Waals surface area contributed by atoms with E-state index in [1.165, 1.54) is 5.56 Å². The molecule has 0 spiro atoms. The number of carbonyl (C=O) groups is 1. The maximum atomic E-state index is 11.4. The first-order valence-corrected chi connectivity index (χ1v) is 5.64. The van der Waals surface area contributed by atoms with E-state index in [2.05, 4.69) is 12.1 Å². The molecule has 16 heavy (non-hydrogen) atoms. The van der Waals surface area contributed by atoms with Crippen LogP contribution in [-0.4, -0.2) is 23.9 Å². The molecule has 1 amide bonds. The van der Waals surface area contributed by atoms with Gasteiger partial charge in [0, 0.05) is 20.0 Å². The highest BCUT2D eigenvalue weighted by molar-refractivity contribution is 5.73. The summed E-state index contributed by atoms with van der Waals surface area (Å²) in [7, 11) is 0. The summed E-state index contributed by atoms with van der Waals surface area (Å²) in [4.78, 5) is 13.2. The van der Waals surface area contributed by atoms with Crippen LogP contribution in [-0.2, 0) is 11.2 Å². The summed E-state index contributed by atoms with van der Waals surface area (Å²) in [5, 5.41) is 0. The Hall–Kier alpha value is -1.57. The van der Waals surface area contributed by atoms with Crippen LogP contribution in [0, 0.1) is 0 Å². The van der Waals surface area contributed by atoms with Gasteiger partial charge in [0.25, 0.3) is 0 Å². The molecule has 0 heterocycles. The van der Waals surface area contributed by atoms with Crippen LogP contribution in [0.1, 0.15) is 19.4 Å². The van der Waals surface area contributed by atoms with Gasteiger partial charge in [0.2, 0.25) is 5.91 Å². The van der Waals surface area contributed by atoms with Crippen molar-refractivity contribution >= 4 is 5.91 Å². The molecule has 0 N–H and O–H groups in total. The fraction of sp³-hybridized carbons (Fsp3) is 0.357. The quantitative estimate of drug-likeness (QED) is 0.694. The number of allylic oxidation sites excluding steroid dienone is 1. The molecule has 0 bridgehead atoms. The highest BCUT2D eigenvalue weighted by Gasteiger charge is 2.05. The molecule has 0 aliphatic heterocycles. The van der Waals surface area contributed by atoms with Crippen molar-refractivity contribution in [2.24, 2.45) is 0 Å².